The summed E-state index contributed by atoms with van der Waals surface area (Å²) in [6.45, 7) is 2.34. The molecule has 1 aromatic carbocycles. The normalized spacial score (nSPS) is 17.9. The van der Waals surface area contributed by atoms with Gasteiger partial charge in [-0.2, -0.15) is 0 Å². The maximum atomic E-state index is 11.1. The topological polar surface area (TPSA) is 107 Å². The molecule has 1 fully saturated rings. The summed E-state index contributed by atoms with van der Waals surface area (Å²) in [6.07, 6.45) is 1.91. The number of nitro benzene ring substituents is 1. The van der Waals surface area contributed by atoms with Crippen LogP contribution < -0.4 is 15.8 Å². The SMILES string of the molecule is NC(=O)c1ccc([N+](=O)[O-])c(OCCC2CCNC2)c1. The Morgan fingerprint density at radius 2 is 2.35 bits per heavy atom. The van der Waals surface area contributed by atoms with Gasteiger partial charge in [0.25, 0.3) is 0 Å². The van der Waals surface area contributed by atoms with Crippen LogP contribution >= 0.6 is 0 Å². The fourth-order valence-corrected chi connectivity index (χ4v) is 2.23. The Balaban J connectivity index is 2.04. The van der Waals surface area contributed by atoms with Gasteiger partial charge in [-0.1, -0.05) is 0 Å². The molecule has 0 saturated carbocycles. The van der Waals surface area contributed by atoms with Crippen molar-refractivity contribution in [3.05, 3.63) is 33.9 Å². The zero-order chi connectivity index (χ0) is 14.5. The van der Waals surface area contributed by atoms with Crippen LogP contribution in [0, 0.1) is 16.0 Å². The summed E-state index contributed by atoms with van der Waals surface area (Å²) in [7, 11) is 0. The lowest BCUT2D eigenvalue weighted by Gasteiger charge is -2.10. The van der Waals surface area contributed by atoms with Gasteiger partial charge in [-0.3, -0.25) is 14.9 Å². The lowest BCUT2D eigenvalue weighted by atomic mass is 10.1. The van der Waals surface area contributed by atoms with Crippen molar-refractivity contribution < 1.29 is 14.5 Å². The highest BCUT2D eigenvalue weighted by atomic mass is 16.6. The molecule has 0 radical (unpaired) electrons. The van der Waals surface area contributed by atoms with Gasteiger partial charge in [-0.05, 0) is 37.9 Å². The van der Waals surface area contributed by atoms with E-state index in [1.807, 2.05) is 0 Å². The summed E-state index contributed by atoms with van der Waals surface area (Å²) < 4.78 is 5.47. The molecule has 1 aromatic rings. The predicted octanol–water partition coefficient (Wildman–Crippen LogP) is 1.07. The van der Waals surface area contributed by atoms with E-state index in [0.717, 1.165) is 25.9 Å². The number of primary amides is 1. The molecule has 7 heteroatoms. The molecular formula is C13H17N3O4. The molecule has 1 aliphatic heterocycles. The highest BCUT2D eigenvalue weighted by Gasteiger charge is 2.19. The lowest BCUT2D eigenvalue weighted by Crippen LogP contribution is -2.13. The number of nitro groups is 1. The maximum Gasteiger partial charge on any atom is 0.310 e. The van der Waals surface area contributed by atoms with Gasteiger partial charge in [0.05, 0.1) is 11.5 Å². The third-order valence-electron chi connectivity index (χ3n) is 3.39. The number of ether oxygens (including phenoxy) is 1. The molecule has 20 heavy (non-hydrogen) atoms. The third-order valence-corrected chi connectivity index (χ3v) is 3.39. The first kappa shape index (κ1) is 14.3. The zero-order valence-electron chi connectivity index (χ0n) is 11.0. The Labute approximate surface area is 116 Å². The van der Waals surface area contributed by atoms with Gasteiger partial charge in [0.2, 0.25) is 5.91 Å². The van der Waals surface area contributed by atoms with Crippen LogP contribution in [0.4, 0.5) is 5.69 Å². The number of nitrogens with zero attached hydrogens (tertiary/aromatic N) is 1. The van der Waals surface area contributed by atoms with Crippen LogP contribution in [0.15, 0.2) is 18.2 Å². The van der Waals surface area contributed by atoms with Crippen molar-refractivity contribution in [2.24, 2.45) is 11.7 Å². The molecule has 0 spiro atoms. The van der Waals surface area contributed by atoms with Gasteiger partial charge in [0.1, 0.15) is 0 Å². The van der Waals surface area contributed by atoms with E-state index in [0.29, 0.717) is 12.5 Å². The Kier molecular flexibility index (Phi) is 4.52. The number of carbonyl (C=O) groups excluding carboxylic acids is 1. The lowest BCUT2D eigenvalue weighted by molar-refractivity contribution is -0.385. The molecule has 2 rings (SSSR count). The van der Waals surface area contributed by atoms with E-state index in [1.54, 1.807) is 0 Å². The van der Waals surface area contributed by atoms with E-state index in [1.165, 1.54) is 18.2 Å². The molecule has 1 amide bonds. The minimum absolute atomic E-state index is 0.0947. The second-order valence-electron chi connectivity index (χ2n) is 4.80. The number of benzene rings is 1. The van der Waals surface area contributed by atoms with Crippen LogP contribution in [-0.2, 0) is 0 Å². The fraction of sp³-hybridized carbons (Fsp3) is 0.462. The van der Waals surface area contributed by atoms with Crippen molar-refractivity contribution in [2.75, 3.05) is 19.7 Å². The summed E-state index contributed by atoms with van der Waals surface area (Å²) in [4.78, 5) is 21.5. The van der Waals surface area contributed by atoms with E-state index in [-0.39, 0.29) is 17.0 Å². The summed E-state index contributed by atoms with van der Waals surface area (Å²) in [5, 5.41) is 14.2. The van der Waals surface area contributed by atoms with E-state index in [4.69, 9.17) is 10.5 Å². The van der Waals surface area contributed by atoms with Crippen molar-refractivity contribution >= 4 is 11.6 Å². The maximum absolute atomic E-state index is 11.1. The number of nitrogens with one attached hydrogen (secondary N) is 1. The summed E-state index contributed by atoms with van der Waals surface area (Å²) in [5.74, 6) is -0.00428. The standard InChI is InChI=1S/C13H17N3O4/c14-13(17)10-1-2-11(16(18)19)12(7-10)20-6-4-9-3-5-15-8-9/h1-2,7,9,15H,3-6,8H2,(H2,14,17). The van der Waals surface area contributed by atoms with Gasteiger partial charge < -0.3 is 15.8 Å². The second-order valence-corrected chi connectivity index (χ2v) is 4.80. The molecule has 1 saturated heterocycles. The van der Waals surface area contributed by atoms with Crippen molar-refractivity contribution in [3.8, 4) is 5.75 Å². The first-order valence-corrected chi connectivity index (χ1v) is 6.49. The van der Waals surface area contributed by atoms with Crippen LogP contribution in [0.2, 0.25) is 0 Å². The average molecular weight is 279 g/mol. The number of hydrogen-bond donors (Lipinski definition) is 2. The molecule has 1 atom stereocenters. The third kappa shape index (κ3) is 3.45. The molecule has 7 nitrogen and oxygen atoms in total. The van der Waals surface area contributed by atoms with Crippen LogP contribution in [0.1, 0.15) is 23.2 Å². The first-order chi connectivity index (χ1) is 9.58. The van der Waals surface area contributed by atoms with E-state index in [2.05, 4.69) is 5.32 Å². The van der Waals surface area contributed by atoms with Gasteiger partial charge in [-0.25, -0.2) is 0 Å². The number of rotatable bonds is 6. The van der Waals surface area contributed by atoms with E-state index < -0.39 is 10.8 Å². The van der Waals surface area contributed by atoms with Crippen LogP contribution in [-0.4, -0.2) is 30.5 Å². The van der Waals surface area contributed by atoms with Gasteiger partial charge >= 0.3 is 5.69 Å². The molecule has 0 bridgehead atoms. The molecule has 1 heterocycles. The smallest absolute Gasteiger partial charge is 0.310 e. The first-order valence-electron chi connectivity index (χ1n) is 6.49. The summed E-state index contributed by atoms with van der Waals surface area (Å²) in [5.41, 5.74) is 5.21. The van der Waals surface area contributed by atoms with E-state index >= 15 is 0 Å². The van der Waals surface area contributed by atoms with Crippen LogP contribution in [0.3, 0.4) is 0 Å². The number of hydrogen-bond acceptors (Lipinski definition) is 5. The Morgan fingerprint density at radius 3 is 2.95 bits per heavy atom. The van der Waals surface area contributed by atoms with Crippen molar-refractivity contribution in [3.63, 3.8) is 0 Å². The molecule has 1 unspecified atom stereocenters. The van der Waals surface area contributed by atoms with Crippen molar-refractivity contribution in [1.82, 2.24) is 5.32 Å². The molecule has 3 N–H and O–H groups in total. The van der Waals surface area contributed by atoms with Gasteiger partial charge in [-0.15, -0.1) is 0 Å². The second kappa shape index (κ2) is 6.33. The zero-order valence-corrected chi connectivity index (χ0v) is 11.0. The molecule has 108 valence electrons. The van der Waals surface area contributed by atoms with Crippen molar-refractivity contribution in [2.45, 2.75) is 12.8 Å². The monoisotopic (exact) mass is 279 g/mol. The minimum Gasteiger partial charge on any atom is -0.487 e. The summed E-state index contributed by atoms with van der Waals surface area (Å²) in [6, 6.07) is 3.90. The largest absolute Gasteiger partial charge is 0.487 e. The number of nitrogens with two attached hydrogens (primary N) is 1. The van der Waals surface area contributed by atoms with Gasteiger partial charge in [0.15, 0.2) is 5.75 Å². The minimum atomic E-state index is -0.634. The Bertz CT molecular complexity index is 512. The van der Waals surface area contributed by atoms with Gasteiger partial charge in [0, 0.05) is 17.7 Å². The highest BCUT2D eigenvalue weighted by molar-refractivity contribution is 5.93. The van der Waals surface area contributed by atoms with E-state index in [9.17, 15) is 14.9 Å². The highest BCUT2D eigenvalue weighted by Crippen LogP contribution is 2.28. The summed E-state index contributed by atoms with van der Waals surface area (Å²) >= 11 is 0. The molecular weight excluding hydrogens is 262 g/mol. The van der Waals surface area contributed by atoms with Crippen molar-refractivity contribution in [1.29, 1.82) is 0 Å². The fourth-order valence-electron chi connectivity index (χ4n) is 2.23. The average Bonchev–Trinajstić information content (AvgIpc) is 2.91. The molecule has 0 aromatic heterocycles. The quantitative estimate of drug-likeness (QED) is 0.598. The Hall–Kier alpha value is -2.15. The number of carbonyl (C=O) groups is 1. The predicted molar refractivity (Wildman–Crippen MR) is 72.7 cm³/mol. The number of amides is 1. The van der Waals surface area contributed by atoms with Crippen LogP contribution in [0.5, 0.6) is 5.75 Å². The Morgan fingerprint density at radius 1 is 1.55 bits per heavy atom. The molecule has 1 aliphatic rings. The van der Waals surface area contributed by atoms with Crippen LogP contribution in [0.25, 0.3) is 0 Å². The molecule has 0 aliphatic carbocycles.